The first-order valence-corrected chi connectivity index (χ1v) is 17.6. The molecular weight excluding hydrogens is 492 g/mol. The molecule has 0 fully saturated rings. The highest BCUT2D eigenvalue weighted by Crippen LogP contribution is 2.51. The molecule has 222 valence electrons. The van der Waals surface area contributed by atoms with Gasteiger partial charge in [-0.15, -0.1) is 0 Å². The lowest BCUT2D eigenvalue weighted by atomic mass is 9.83. The maximum absolute atomic E-state index is 2.51. The van der Waals surface area contributed by atoms with E-state index >= 15 is 0 Å². The third-order valence-electron chi connectivity index (χ3n) is 9.48. The number of fused-ring (bicyclic) bond motifs is 3. The molecule has 3 aromatic rings. The van der Waals surface area contributed by atoms with Crippen LogP contribution in [0, 0.1) is 0 Å². The summed E-state index contributed by atoms with van der Waals surface area (Å²) in [5.74, 6) is 0.370. The molecule has 1 atom stereocenters. The monoisotopic (exact) mass is 550 g/mol. The lowest BCUT2D eigenvalue weighted by Crippen LogP contribution is -2.05. The molecule has 0 spiro atoms. The van der Waals surface area contributed by atoms with Gasteiger partial charge in [0, 0.05) is 5.92 Å². The molecule has 0 nitrogen and oxygen atoms in total. The maximum atomic E-state index is 2.51. The average Bonchev–Trinajstić information content (AvgIpc) is 3.36. The third kappa shape index (κ3) is 8.83. The zero-order valence-corrected chi connectivity index (χ0v) is 26.8. The van der Waals surface area contributed by atoms with Crippen LogP contribution < -0.4 is 0 Å². The Hall–Kier alpha value is -2.34. The predicted octanol–water partition coefficient (Wildman–Crippen LogP) is 12.8. The predicted molar refractivity (Wildman–Crippen MR) is 181 cm³/mol. The molecule has 0 N–H and O–H groups in total. The van der Waals surface area contributed by atoms with E-state index in [9.17, 15) is 0 Å². The largest absolute Gasteiger partial charge is 0.0654 e. The van der Waals surface area contributed by atoms with Gasteiger partial charge in [0.2, 0.25) is 0 Å². The Morgan fingerprint density at radius 1 is 0.463 bits per heavy atom. The Labute approximate surface area is 253 Å². The van der Waals surface area contributed by atoms with Crippen LogP contribution in [0.2, 0.25) is 0 Å². The van der Waals surface area contributed by atoms with Crippen molar-refractivity contribution in [2.75, 3.05) is 0 Å². The fourth-order valence-electron chi connectivity index (χ4n) is 7.08. The number of rotatable bonds is 20. The van der Waals surface area contributed by atoms with Gasteiger partial charge in [-0.05, 0) is 83.0 Å². The van der Waals surface area contributed by atoms with E-state index in [1.54, 1.807) is 22.3 Å². The van der Waals surface area contributed by atoms with Crippen LogP contribution in [0.15, 0.2) is 60.7 Å². The molecule has 0 bridgehead atoms. The van der Waals surface area contributed by atoms with Crippen molar-refractivity contribution >= 4 is 0 Å². The van der Waals surface area contributed by atoms with Crippen molar-refractivity contribution in [3.8, 4) is 11.1 Å². The molecule has 41 heavy (non-hydrogen) atoms. The first-order chi connectivity index (χ1) is 20.3. The van der Waals surface area contributed by atoms with Crippen LogP contribution in [0.3, 0.4) is 0 Å². The highest BCUT2D eigenvalue weighted by Gasteiger charge is 2.33. The topological polar surface area (TPSA) is 0 Å². The van der Waals surface area contributed by atoms with Gasteiger partial charge in [0.1, 0.15) is 0 Å². The molecule has 1 aliphatic carbocycles. The molecule has 0 aliphatic heterocycles. The molecule has 0 saturated carbocycles. The van der Waals surface area contributed by atoms with Crippen LogP contribution in [-0.2, 0) is 19.3 Å². The van der Waals surface area contributed by atoms with E-state index in [0.717, 1.165) is 0 Å². The quantitative estimate of drug-likeness (QED) is 0.0960. The minimum atomic E-state index is 0.370. The van der Waals surface area contributed by atoms with Crippen LogP contribution in [-0.4, -0.2) is 0 Å². The highest BCUT2D eigenvalue weighted by molar-refractivity contribution is 5.84. The zero-order chi connectivity index (χ0) is 28.7. The van der Waals surface area contributed by atoms with Crippen molar-refractivity contribution in [2.24, 2.45) is 0 Å². The molecule has 0 heterocycles. The van der Waals surface area contributed by atoms with Gasteiger partial charge in [0.25, 0.3) is 0 Å². The molecule has 4 rings (SSSR count). The number of hydrogen-bond donors (Lipinski definition) is 0. The summed E-state index contributed by atoms with van der Waals surface area (Å²) in [6.07, 6.45) is 25.3. The van der Waals surface area contributed by atoms with Crippen molar-refractivity contribution in [1.82, 2.24) is 0 Å². The number of unbranched alkanes of at least 4 members (excludes halogenated alkanes) is 13. The van der Waals surface area contributed by atoms with Gasteiger partial charge in [-0.3, -0.25) is 0 Å². The van der Waals surface area contributed by atoms with Crippen LogP contribution in [0.25, 0.3) is 11.1 Å². The summed E-state index contributed by atoms with van der Waals surface area (Å²) in [4.78, 5) is 0. The summed E-state index contributed by atoms with van der Waals surface area (Å²) in [5, 5.41) is 0. The zero-order valence-electron chi connectivity index (χ0n) is 26.8. The van der Waals surface area contributed by atoms with Gasteiger partial charge in [-0.1, -0.05) is 165 Å². The second-order valence-electron chi connectivity index (χ2n) is 12.8. The van der Waals surface area contributed by atoms with Gasteiger partial charge in [0.05, 0.1) is 0 Å². The summed E-state index contributed by atoms with van der Waals surface area (Å²) in [6.45, 7) is 6.93. The molecule has 0 saturated heterocycles. The minimum Gasteiger partial charge on any atom is -0.0654 e. The van der Waals surface area contributed by atoms with Crippen molar-refractivity contribution in [2.45, 2.75) is 149 Å². The standard InChI is InChI=1S/C41H58/c1-4-7-10-13-14-15-16-17-22-33-27-29-36(30-28-33)40-38-26-21-20-25-37(38)39-34(23-18-11-8-5-2)31-32-35(41(39)40)24-19-12-9-6-3/h20-21,25-32,40H,4-19,22-24H2,1-3H3. The van der Waals surface area contributed by atoms with E-state index in [1.807, 2.05) is 0 Å². The summed E-state index contributed by atoms with van der Waals surface area (Å²) in [5.41, 5.74) is 12.4. The van der Waals surface area contributed by atoms with Crippen LogP contribution in [0.5, 0.6) is 0 Å². The second-order valence-corrected chi connectivity index (χ2v) is 12.8. The van der Waals surface area contributed by atoms with E-state index in [1.165, 1.54) is 144 Å². The van der Waals surface area contributed by atoms with Crippen molar-refractivity contribution < 1.29 is 0 Å². The molecule has 0 aromatic heterocycles. The van der Waals surface area contributed by atoms with E-state index < -0.39 is 0 Å². The van der Waals surface area contributed by atoms with Gasteiger partial charge in [-0.2, -0.15) is 0 Å². The Bertz CT molecular complexity index is 1150. The van der Waals surface area contributed by atoms with Gasteiger partial charge >= 0.3 is 0 Å². The Morgan fingerprint density at radius 3 is 1.63 bits per heavy atom. The average molecular weight is 551 g/mol. The fraction of sp³-hybridized carbons (Fsp3) is 0.561. The summed E-state index contributed by atoms with van der Waals surface area (Å²) in [7, 11) is 0. The minimum absolute atomic E-state index is 0.370. The van der Waals surface area contributed by atoms with Gasteiger partial charge in [0.15, 0.2) is 0 Å². The van der Waals surface area contributed by atoms with Gasteiger partial charge < -0.3 is 0 Å². The molecule has 0 radical (unpaired) electrons. The first kappa shape index (κ1) is 31.6. The van der Waals surface area contributed by atoms with Crippen molar-refractivity contribution in [3.05, 3.63) is 94.0 Å². The molecule has 0 heteroatoms. The van der Waals surface area contributed by atoms with Crippen molar-refractivity contribution in [1.29, 1.82) is 0 Å². The Balaban J connectivity index is 1.54. The van der Waals surface area contributed by atoms with E-state index in [4.69, 9.17) is 0 Å². The third-order valence-corrected chi connectivity index (χ3v) is 9.48. The SMILES string of the molecule is CCCCCCCCCCc1ccc(C2c3ccccc3-c3c(CCCCCC)ccc(CCCCCC)c32)cc1. The first-order valence-electron chi connectivity index (χ1n) is 17.6. The van der Waals surface area contributed by atoms with E-state index in [0.29, 0.717) is 5.92 Å². The number of benzene rings is 3. The van der Waals surface area contributed by atoms with Crippen LogP contribution >= 0.6 is 0 Å². The van der Waals surface area contributed by atoms with Gasteiger partial charge in [-0.25, -0.2) is 0 Å². The fourth-order valence-corrected chi connectivity index (χ4v) is 7.08. The second kappa shape index (κ2) is 17.6. The highest BCUT2D eigenvalue weighted by atomic mass is 14.4. The van der Waals surface area contributed by atoms with Crippen LogP contribution in [0.1, 0.15) is 163 Å². The molecule has 1 unspecified atom stereocenters. The molecule has 3 aromatic carbocycles. The summed E-state index contributed by atoms with van der Waals surface area (Å²) in [6, 6.07) is 24.1. The number of hydrogen-bond acceptors (Lipinski definition) is 0. The Morgan fingerprint density at radius 2 is 0.976 bits per heavy atom. The van der Waals surface area contributed by atoms with E-state index in [-0.39, 0.29) is 0 Å². The Kier molecular flexibility index (Phi) is 13.5. The van der Waals surface area contributed by atoms with E-state index in [2.05, 4.69) is 81.4 Å². The smallest absolute Gasteiger partial charge is 0.0355 e. The van der Waals surface area contributed by atoms with Crippen molar-refractivity contribution in [3.63, 3.8) is 0 Å². The summed E-state index contributed by atoms with van der Waals surface area (Å²) < 4.78 is 0. The lowest BCUT2D eigenvalue weighted by molar-refractivity contribution is 0.575. The molecule has 1 aliphatic rings. The lowest BCUT2D eigenvalue weighted by Gasteiger charge is -2.20. The van der Waals surface area contributed by atoms with Crippen LogP contribution in [0.4, 0.5) is 0 Å². The molecular formula is C41H58. The normalized spacial score (nSPS) is 13.9. The number of aryl methyl sites for hydroxylation is 3. The summed E-state index contributed by atoms with van der Waals surface area (Å²) >= 11 is 0. The maximum Gasteiger partial charge on any atom is 0.0355 e. The molecule has 0 amide bonds.